The molecule has 0 amide bonds. The van der Waals surface area contributed by atoms with E-state index < -0.39 is 0 Å². The average Bonchev–Trinajstić information content (AvgIpc) is 2.15. The van der Waals surface area contributed by atoms with Crippen molar-refractivity contribution in [2.45, 2.75) is 59.2 Å². The predicted octanol–water partition coefficient (Wildman–Crippen LogP) is 2.60. The number of aliphatic hydroxyl groups is 1. The molecule has 80 valence electrons. The zero-order valence-electron chi connectivity index (χ0n) is 9.42. The number of hydrogen-bond donors (Lipinski definition) is 1. The smallest absolute Gasteiger partial charge is 0.0833 e. The maximum absolute atomic E-state index is 9.97. The van der Waals surface area contributed by atoms with E-state index in [4.69, 9.17) is 4.74 Å². The standard InChI is InChI=1S/C11H24O2/c1-5-9(6-2)11(12)10(7-3)13-8-4/h9-12H,5-8H2,1-4H3. The molecule has 0 bridgehead atoms. The highest BCUT2D eigenvalue weighted by atomic mass is 16.5. The monoisotopic (exact) mass is 188 g/mol. The van der Waals surface area contributed by atoms with Crippen LogP contribution in [-0.2, 0) is 4.74 Å². The van der Waals surface area contributed by atoms with Gasteiger partial charge in [-0.3, -0.25) is 0 Å². The molecule has 0 radical (unpaired) electrons. The quantitative estimate of drug-likeness (QED) is 0.665. The SMILES string of the molecule is CCOC(CC)C(O)C(CC)CC. The zero-order chi connectivity index (χ0) is 10.3. The van der Waals surface area contributed by atoms with Crippen LogP contribution >= 0.6 is 0 Å². The van der Waals surface area contributed by atoms with Gasteiger partial charge in [-0.05, 0) is 19.3 Å². The highest BCUT2D eigenvalue weighted by Gasteiger charge is 2.24. The van der Waals surface area contributed by atoms with E-state index >= 15 is 0 Å². The van der Waals surface area contributed by atoms with Gasteiger partial charge in [0.25, 0.3) is 0 Å². The second-order valence-corrected chi connectivity index (χ2v) is 3.47. The Morgan fingerprint density at radius 1 is 1.00 bits per heavy atom. The first-order chi connectivity index (χ1) is 6.21. The van der Waals surface area contributed by atoms with Crippen molar-refractivity contribution in [2.24, 2.45) is 5.92 Å². The van der Waals surface area contributed by atoms with Crippen molar-refractivity contribution in [2.75, 3.05) is 6.61 Å². The van der Waals surface area contributed by atoms with Crippen LogP contribution in [0.25, 0.3) is 0 Å². The van der Waals surface area contributed by atoms with Gasteiger partial charge in [-0.15, -0.1) is 0 Å². The topological polar surface area (TPSA) is 29.5 Å². The summed E-state index contributed by atoms with van der Waals surface area (Å²) in [6, 6.07) is 0. The molecule has 1 N–H and O–H groups in total. The first-order valence-corrected chi connectivity index (χ1v) is 5.50. The van der Waals surface area contributed by atoms with Crippen molar-refractivity contribution in [1.82, 2.24) is 0 Å². The minimum absolute atomic E-state index is 0.0231. The van der Waals surface area contributed by atoms with E-state index in [0.29, 0.717) is 12.5 Å². The van der Waals surface area contributed by atoms with Crippen LogP contribution in [0.15, 0.2) is 0 Å². The first-order valence-electron chi connectivity index (χ1n) is 5.50. The van der Waals surface area contributed by atoms with Crippen molar-refractivity contribution < 1.29 is 9.84 Å². The average molecular weight is 188 g/mol. The summed E-state index contributed by atoms with van der Waals surface area (Å²) in [5, 5.41) is 9.97. The van der Waals surface area contributed by atoms with Crippen molar-refractivity contribution in [3.8, 4) is 0 Å². The molecular formula is C11H24O2. The van der Waals surface area contributed by atoms with Gasteiger partial charge in [-0.1, -0.05) is 33.6 Å². The molecule has 0 saturated carbocycles. The largest absolute Gasteiger partial charge is 0.390 e. The molecule has 2 atom stereocenters. The molecule has 0 fully saturated rings. The van der Waals surface area contributed by atoms with Crippen LogP contribution in [0.1, 0.15) is 47.0 Å². The molecule has 0 aliphatic rings. The van der Waals surface area contributed by atoms with Gasteiger partial charge in [-0.25, -0.2) is 0 Å². The normalized spacial score (nSPS) is 16.2. The van der Waals surface area contributed by atoms with Gasteiger partial charge in [0.2, 0.25) is 0 Å². The molecular weight excluding hydrogens is 164 g/mol. The second-order valence-electron chi connectivity index (χ2n) is 3.47. The summed E-state index contributed by atoms with van der Waals surface area (Å²) in [6.45, 7) is 8.97. The molecule has 0 aromatic carbocycles. The molecule has 2 heteroatoms. The third-order valence-corrected chi connectivity index (χ3v) is 2.70. The maximum atomic E-state index is 9.97. The van der Waals surface area contributed by atoms with Crippen LogP contribution < -0.4 is 0 Å². The molecule has 0 aliphatic heterocycles. The van der Waals surface area contributed by atoms with E-state index in [1.807, 2.05) is 6.92 Å². The molecule has 0 rings (SSSR count). The number of rotatable bonds is 7. The summed E-state index contributed by atoms with van der Waals surface area (Å²) in [4.78, 5) is 0. The lowest BCUT2D eigenvalue weighted by Crippen LogP contribution is -2.34. The Bertz CT molecular complexity index is 111. The summed E-state index contributed by atoms with van der Waals surface area (Å²) in [6.07, 6.45) is 2.68. The van der Waals surface area contributed by atoms with Gasteiger partial charge in [-0.2, -0.15) is 0 Å². The third-order valence-electron chi connectivity index (χ3n) is 2.70. The summed E-state index contributed by atoms with van der Waals surface area (Å²) in [7, 11) is 0. The van der Waals surface area contributed by atoms with Crippen LogP contribution in [-0.4, -0.2) is 23.9 Å². The third kappa shape index (κ3) is 4.10. The minimum atomic E-state index is -0.292. The molecule has 0 aromatic rings. The van der Waals surface area contributed by atoms with Crippen LogP contribution in [0.3, 0.4) is 0 Å². The molecule has 0 saturated heterocycles. The lowest BCUT2D eigenvalue weighted by molar-refractivity contribution is -0.0610. The fourth-order valence-corrected chi connectivity index (χ4v) is 1.75. The highest BCUT2D eigenvalue weighted by Crippen LogP contribution is 2.19. The second kappa shape index (κ2) is 7.34. The molecule has 2 unspecified atom stereocenters. The lowest BCUT2D eigenvalue weighted by atomic mass is 9.92. The van der Waals surface area contributed by atoms with Crippen molar-refractivity contribution in [3.63, 3.8) is 0 Å². The Labute approximate surface area is 82.3 Å². The van der Waals surface area contributed by atoms with Gasteiger partial charge in [0.05, 0.1) is 12.2 Å². The molecule has 0 heterocycles. The minimum Gasteiger partial charge on any atom is -0.390 e. The lowest BCUT2D eigenvalue weighted by Gasteiger charge is -2.27. The van der Waals surface area contributed by atoms with E-state index in [-0.39, 0.29) is 12.2 Å². The summed E-state index contributed by atoms with van der Waals surface area (Å²) in [5.74, 6) is 0.386. The van der Waals surface area contributed by atoms with Crippen molar-refractivity contribution in [3.05, 3.63) is 0 Å². The van der Waals surface area contributed by atoms with Crippen LogP contribution in [0.4, 0.5) is 0 Å². The number of aliphatic hydroxyl groups excluding tert-OH is 1. The molecule has 0 aromatic heterocycles. The zero-order valence-corrected chi connectivity index (χ0v) is 9.42. The predicted molar refractivity (Wildman–Crippen MR) is 55.8 cm³/mol. The fourth-order valence-electron chi connectivity index (χ4n) is 1.75. The molecule has 0 aliphatic carbocycles. The highest BCUT2D eigenvalue weighted by molar-refractivity contribution is 4.74. The first kappa shape index (κ1) is 12.9. The number of hydrogen-bond acceptors (Lipinski definition) is 2. The van der Waals surface area contributed by atoms with Crippen molar-refractivity contribution >= 4 is 0 Å². The summed E-state index contributed by atoms with van der Waals surface area (Å²) >= 11 is 0. The van der Waals surface area contributed by atoms with Gasteiger partial charge >= 0.3 is 0 Å². The van der Waals surface area contributed by atoms with Gasteiger partial charge in [0, 0.05) is 6.61 Å². The maximum Gasteiger partial charge on any atom is 0.0833 e. The van der Waals surface area contributed by atoms with E-state index in [9.17, 15) is 5.11 Å². The van der Waals surface area contributed by atoms with Gasteiger partial charge < -0.3 is 9.84 Å². The Balaban J connectivity index is 4.07. The van der Waals surface area contributed by atoms with Gasteiger partial charge in [0.15, 0.2) is 0 Å². The molecule has 0 spiro atoms. The Morgan fingerprint density at radius 3 is 1.85 bits per heavy atom. The summed E-state index contributed by atoms with van der Waals surface area (Å²) in [5.41, 5.74) is 0. The van der Waals surface area contributed by atoms with E-state index in [0.717, 1.165) is 19.3 Å². The Morgan fingerprint density at radius 2 is 1.54 bits per heavy atom. The van der Waals surface area contributed by atoms with E-state index in [1.165, 1.54) is 0 Å². The van der Waals surface area contributed by atoms with Crippen molar-refractivity contribution in [1.29, 1.82) is 0 Å². The van der Waals surface area contributed by atoms with Crippen LogP contribution in [0.2, 0.25) is 0 Å². The molecule has 2 nitrogen and oxygen atoms in total. The Hall–Kier alpha value is -0.0800. The summed E-state index contributed by atoms with van der Waals surface area (Å²) < 4.78 is 5.49. The van der Waals surface area contributed by atoms with E-state index in [1.54, 1.807) is 0 Å². The molecule has 13 heavy (non-hydrogen) atoms. The van der Waals surface area contributed by atoms with Crippen LogP contribution in [0.5, 0.6) is 0 Å². The van der Waals surface area contributed by atoms with Gasteiger partial charge in [0.1, 0.15) is 0 Å². The number of ether oxygens (including phenoxy) is 1. The van der Waals surface area contributed by atoms with E-state index in [2.05, 4.69) is 20.8 Å². The van der Waals surface area contributed by atoms with Crippen LogP contribution in [0, 0.1) is 5.92 Å². The fraction of sp³-hybridized carbons (Fsp3) is 1.00. The Kier molecular flexibility index (Phi) is 7.29.